The summed E-state index contributed by atoms with van der Waals surface area (Å²) in [5.74, 6) is -3.25. The fourth-order valence-corrected chi connectivity index (χ4v) is 9.60. The molecule has 67 heavy (non-hydrogen) atoms. The number of aliphatic hydroxyl groups is 1. The van der Waals surface area contributed by atoms with Crippen LogP contribution in [0.4, 0.5) is 0 Å². The van der Waals surface area contributed by atoms with Crippen molar-refractivity contribution in [2.75, 3.05) is 65.0 Å². The van der Waals surface area contributed by atoms with Crippen LogP contribution in [-0.2, 0) is 54.2 Å². The first-order valence-electron chi connectivity index (χ1n) is 24.2. The highest BCUT2D eigenvalue weighted by Crippen LogP contribution is 2.54. The van der Waals surface area contributed by atoms with E-state index in [0.29, 0.717) is 44.1 Å². The zero-order valence-corrected chi connectivity index (χ0v) is 41.5. The molecule has 5 N–H and O–H groups in total. The molecule has 18 heteroatoms. The first-order chi connectivity index (χ1) is 31.8. The molecule has 1 aromatic rings. The lowest BCUT2D eigenvalue weighted by Gasteiger charge is -2.28. The summed E-state index contributed by atoms with van der Waals surface area (Å²) < 4.78 is 41.9. The average Bonchev–Trinajstić information content (AvgIpc) is 4.04. The van der Waals surface area contributed by atoms with Crippen molar-refractivity contribution in [2.45, 2.75) is 136 Å². The number of nitrogens with zero attached hydrogens (tertiary/aromatic N) is 2. The summed E-state index contributed by atoms with van der Waals surface area (Å²) in [7, 11) is -4.16. The summed E-state index contributed by atoms with van der Waals surface area (Å²) in [5.41, 5.74) is -0.00372. The van der Waals surface area contributed by atoms with E-state index in [1.165, 1.54) is 25.7 Å². The van der Waals surface area contributed by atoms with Crippen LogP contribution < -0.4 is 21.3 Å². The molecule has 5 unspecified atom stereocenters. The number of allylic oxidation sites excluding steroid dienone is 1. The molecule has 2 fully saturated rings. The number of Topliss-reactive ketones (excluding diaryl/α,β-unsaturated/α-hetero) is 1. The highest BCUT2D eigenvalue weighted by Gasteiger charge is 2.43. The number of rotatable bonds is 31. The minimum absolute atomic E-state index is 0.0411. The molecule has 5 atom stereocenters. The number of carbonyl (C=O) groups is 5. The molecule has 376 valence electrons. The number of benzene rings is 1. The third-order valence-corrected chi connectivity index (χ3v) is 13.6. The lowest BCUT2D eigenvalue weighted by Crippen LogP contribution is -2.57. The number of amides is 4. The minimum atomic E-state index is -4.16. The van der Waals surface area contributed by atoms with Crippen molar-refractivity contribution in [1.29, 1.82) is 0 Å². The molecular formula is C49H78N6O11S. The van der Waals surface area contributed by atoms with Crippen LogP contribution in [0.2, 0.25) is 0 Å². The molecule has 0 spiro atoms. The number of ether oxygens (including phenoxy) is 2. The maximum absolute atomic E-state index is 13.8. The van der Waals surface area contributed by atoms with Crippen LogP contribution in [-0.4, -0.2) is 143 Å². The van der Waals surface area contributed by atoms with Crippen molar-refractivity contribution in [3.05, 3.63) is 47.7 Å². The van der Waals surface area contributed by atoms with Crippen molar-refractivity contribution >= 4 is 45.7 Å². The molecule has 0 radical (unpaired) electrons. The molecule has 1 saturated heterocycles. The van der Waals surface area contributed by atoms with Gasteiger partial charge in [0.15, 0.2) is 5.78 Å². The lowest BCUT2D eigenvalue weighted by atomic mass is 9.85. The van der Waals surface area contributed by atoms with E-state index in [-0.39, 0.29) is 63.2 Å². The topological polar surface area (TPSA) is 231 Å². The van der Waals surface area contributed by atoms with Crippen molar-refractivity contribution < 1.29 is 51.2 Å². The molecule has 2 heterocycles. The van der Waals surface area contributed by atoms with Crippen LogP contribution in [0, 0.1) is 23.2 Å². The number of carbonyl (C=O) groups excluding carboxylic acids is 5. The Hall–Kier alpha value is -4.07. The van der Waals surface area contributed by atoms with Crippen LogP contribution in [0.25, 0.3) is 0 Å². The van der Waals surface area contributed by atoms with E-state index in [2.05, 4.69) is 39.3 Å². The predicted molar refractivity (Wildman–Crippen MR) is 256 cm³/mol. The van der Waals surface area contributed by atoms with Gasteiger partial charge in [-0.2, -0.15) is 8.42 Å². The van der Waals surface area contributed by atoms with Gasteiger partial charge in [0.25, 0.3) is 10.1 Å². The van der Waals surface area contributed by atoms with Crippen molar-refractivity contribution in [3.63, 3.8) is 0 Å². The molecule has 3 aliphatic rings. The van der Waals surface area contributed by atoms with E-state index < -0.39 is 76.3 Å². The van der Waals surface area contributed by atoms with Gasteiger partial charge in [0.2, 0.25) is 23.6 Å². The number of nitrogens with one attached hydrogen (secondary N) is 4. The number of morpholine rings is 1. The van der Waals surface area contributed by atoms with Gasteiger partial charge in [0.05, 0.1) is 50.4 Å². The summed E-state index contributed by atoms with van der Waals surface area (Å²) >= 11 is 0. The predicted octanol–water partition coefficient (Wildman–Crippen LogP) is 3.63. The maximum Gasteiger partial charge on any atom is 0.267 e. The number of hydrogen-bond acceptors (Lipinski definition) is 13. The van der Waals surface area contributed by atoms with Gasteiger partial charge in [-0.3, -0.25) is 38.0 Å². The molecule has 1 aliphatic carbocycles. The van der Waals surface area contributed by atoms with Crippen LogP contribution in [0.1, 0.15) is 111 Å². The number of hydrogen-bond donors (Lipinski definition) is 5. The van der Waals surface area contributed by atoms with Crippen molar-refractivity contribution in [2.24, 2.45) is 28.2 Å². The largest absolute Gasteiger partial charge is 0.380 e. The minimum Gasteiger partial charge on any atom is -0.380 e. The number of ketones is 1. The molecule has 2 aliphatic heterocycles. The van der Waals surface area contributed by atoms with Gasteiger partial charge < -0.3 is 35.8 Å². The number of aliphatic imine (C=N–C) groups is 1. The van der Waals surface area contributed by atoms with Gasteiger partial charge in [-0.1, -0.05) is 77.4 Å². The van der Waals surface area contributed by atoms with Crippen molar-refractivity contribution in [3.8, 4) is 0 Å². The molecule has 4 rings (SSSR count). The van der Waals surface area contributed by atoms with E-state index >= 15 is 0 Å². The van der Waals surface area contributed by atoms with E-state index in [1.807, 2.05) is 69.1 Å². The fraction of sp³-hybridized carbons (Fsp3) is 0.714. The molecule has 0 aromatic heterocycles. The van der Waals surface area contributed by atoms with E-state index in [4.69, 9.17) is 13.7 Å². The lowest BCUT2D eigenvalue weighted by molar-refractivity contribution is -0.143. The quantitative estimate of drug-likeness (QED) is 0.0531. The second-order valence-electron chi connectivity index (χ2n) is 19.7. The smallest absolute Gasteiger partial charge is 0.267 e. The van der Waals surface area contributed by atoms with Gasteiger partial charge in [-0.25, -0.2) is 0 Å². The monoisotopic (exact) mass is 959 g/mol. The maximum atomic E-state index is 13.8. The first kappa shape index (κ1) is 55.5. The van der Waals surface area contributed by atoms with Gasteiger partial charge in [-0.15, -0.1) is 0 Å². The molecule has 1 saturated carbocycles. The molecule has 1 aromatic carbocycles. The second kappa shape index (κ2) is 27.2. The zero-order valence-electron chi connectivity index (χ0n) is 40.7. The Labute approximate surface area is 398 Å². The highest BCUT2D eigenvalue weighted by atomic mass is 32.2. The van der Waals surface area contributed by atoms with Gasteiger partial charge in [-0.05, 0) is 99.9 Å². The van der Waals surface area contributed by atoms with E-state index in [1.54, 1.807) is 0 Å². The Balaban J connectivity index is 1.26. The Morgan fingerprint density at radius 1 is 0.940 bits per heavy atom. The normalized spacial score (nSPS) is 19.4. The molecule has 0 bridgehead atoms. The first-order valence-corrected chi connectivity index (χ1v) is 25.8. The van der Waals surface area contributed by atoms with Gasteiger partial charge in [0, 0.05) is 25.9 Å². The third kappa shape index (κ3) is 20.6. The van der Waals surface area contributed by atoms with E-state index in [0.717, 1.165) is 31.0 Å². The fourth-order valence-electron chi connectivity index (χ4n) is 8.60. The van der Waals surface area contributed by atoms with E-state index in [9.17, 15) is 37.5 Å². The Morgan fingerprint density at radius 2 is 1.61 bits per heavy atom. The van der Waals surface area contributed by atoms with Crippen LogP contribution >= 0.6 is 0 Å². The highest BCUT2D eigenvalue weighted by molar-refractivity contribution is 7.86. The van der Waals surface area contributed by atoms with Crippen LogP contribution in [0.15, 0.2) is 47.1 Å². The van der Waals surface area contributed by atoms with Crippen molar-refractivity contribution in [1.82, 2.24) is 26.2 Å². The molecule has 4 amide bonds. The third-order valence-electron chi connectivity index (χ3n) is 12.3. The molecular weight excluding hydrogens is 881 g/mol. The van der Waals surface area contributed by atoms with Gasteiger partial charge in [0.1, 0.15) is 24.3 Å². The Bertz CT molecular complexity index is 1930. The summed E-state index contributed by atoms with van der Waals surface area (Å²) in [4.78, 5) is 73.9. The Morgan fingerprint density at radius 3 is 2.27 bits per heavy atom. The van der Waals surface area contributed by atoms with Crippen LogP contribution in [0.3, 0.4) is 0 Å². The summed E-state index contributed by atoms with van der Waals surface area (Å²) in [6, 6.07) is 6.29. The zero-order chi connectivity index (χ0) is 49.0. The summed E-state index contributed by atoms with van der Waals surface area (Å²) in [6.45, 7) is 12.0. The molecule has 17 nitrogen and oxygen atoms in total. The summed E-state index contributed by atoms with van der Waals surface area (Å²) in [6.07, 6.45) is 12.4. The second-order valence-corrected chi connectivity index (χ2v) is 21.4. The SMILES string of the molecule is CCCC1(CC2C=C(COCCCS(=O)(=O)OCC(C)(O)C(=O)C(CC(C)C)NC(=O)CNC(=O)C(CC(C)C)NC(=O)C(CCc3ccccc3)NC(=O)CN3CCOCC3)N=CC2)CC1. The average molecular weight is 959 g/mol. The van der Waals surface area contributed by atoms with Crippen LogP contribution in [0.5, 0.6) is 0 Å². The van der Waals surface area contributed by atoms with Gasteiger partial charge >= 0.3 is 0 Å². The summed E-state index contributed by atoms with van der Waals surface area (Å²) in [5, 5.41) is 22.0. The standard InChI is InChI=1S/C49H78N6O11S/c1-7-17-49(18-19-49)30-38-16-20-50-39(29-38)33-65-23-11-26-67(62,63)66-34-48(6,61)45(58)41(27-35(2)3)53-43(56)31-51-46(59)42(28-36(4)5)54-47(60)40(15-14-37-12-9-8-10-13-37)52-44(57)32-55-21-24-64-25-22-55/h8-10,12-13,20,29,35-36,38,40-42,61H,7,11,14-19,21-28,30-34H2,1-6H3,(H,51,59)(H,52,57)(H,53,56)(H,54,60). The Kier molecular flexibility index (Phi) is 22.5. The number of aryl methyl sites for hydroxylation is 1.